The summed E-state index contributed by atoms with van der Waals surface area (Å²) in [6.45, 7) is 0.543. The van der Waals surface area contributed by atoms with Crippen LogP contribution in [0.15, 0.2) is 30.7 Å². The van der Waals surface area contributed by atoms with Gasteiger partial charge in [-0.3, -0.25) is 9.69 Å². The van der Waals surface area contributed by atoms with Gasteiger partial charge in [0, 0.05) is 39.3 Å². The summed E-state index contributed by atoms with van der Waals surface area (Å²) in [4.78, 5) is 23.1. The fraction of sp³-hybridized carbons (Fsp3) is 0.438. The maximum Gasteiger partial charge on any atom is 0.234 e. The molecule has 0 bridgehead atoms. The number of aryl methyl sites for hydroxylation is 1. The monoisotopic (exact) mass is 316 g/mol. The van der Waals surface area contributed by atoms with E-state index in [9.17, 15) is 4.79 Å². The summed E-state index contributed by atoms with van der Waals surface area (Å²) >= 11 is 0. The Hall–Kier alpha value is -2.41. The molecule has 0 aliphatic carbocycles. The van der Waals surface area contributed by atoms with Gasteiger partial charge in [0.05, 0.1) is 13.0 Å². The van der Waals surface area contributed by atoms with Crippen LogP contribution in [0.5, 0.6) is 5.75 Å². The fourth-order valence-electron chi connectivity index (χ4n) is 2.89. The number of pyridine rings is 1. The van der Waals surface area contributed by atoms with Gasteiger partial charge >= 0.3 is 0 Å². The molecule has 1 saturated heterocycles. The van der Waals surface area contributed by atoms with Crippen LogP contribution in [0, 0.1) is 5.92 Å². The van der Waals surface area contributed by atoms with E-state index in [-0.39, 0.29) is 17.9 Å². The van der Waals surface area contributed by atoms with Gasteiger partial charge in [0.1, 0.15) is 11.9 Å². The van der Waals surface area contributed by atoms with Crippen LogP contribution in [-0.4, -0.2) is 41.2 Å². The quantitative estimate of drug-likeness (QED) is 0.856. The Morgan fingerprint density at radius 3 is 2.96 bits per heavy atom. The number of hydrogen-bond donors (Lipinski definition) is 0. The second-order valence-corrected chi connectivity index (χ2v) is 5.51. The number of carbonyl (C=O) groups excluding carboxylic acids is 1. The maximum absolute atomic E-state index is 12.9. The van der Waals surface area contributed by atoms with Crippen molar-refractivity contribution in [3.63, 3.8) is 0 Å². The molecule has 0 saturated carbocycles. The van der Waals surface area contributed by atoms with Gasteiger partial charge in [-0.05, 0) is 18.6 Å². The molecular formula is C16H20N4O3. The van der Waals surface area contributed by atoms with Gasteiger partial charge in [0.15, 0.2) is 11.6 Å². The summed E-state index contributed by atoms with van der Waals surface area (Å²) in [5.74, 6) is 1.50. The van der Waals surface area contributed by atoms with Crippen LogP contribution < -0.4 is 9.64 Å². The Bertz CT molecular complexity index is 700. The van der Waals surface area contributed by atoms with Crippen molar-refractivity contribution in [1.82, 2.24) is 14.5 Å². The first-order chi connectivity index (χ1) is 11.1. The first-order valence-corrected chi connectivity index (χ1v) is 7.49. The molecule has 1 amide bonds. The number of carbonyl (C=O) groups is 1. The number of amides is 1. The number of ether oxygens (including phenoxy) is 2. The molecule has 7 heteroatoms. The van der Waals surface area contributed by atoms with Crippen molar-refractivity contribution in [2.45, 2.75) is 12.5 Å². The first-order valence-electron chi connectivity index (χ1n) is 7.49. The molecule has 3 rings (SSSR count). The molecule has 1 aliphatic heterocycles. The minimum absolute atomic E-state index is 0.0486. The third-order valence-electron chi connectivity index (χ3n) is 4.14. The van der Waals surface area contributed by atoms with Gasteiger partial charge in [0.2, 0.25) is 5.91 Å². The lowest BCUT2D eigenvalue weighted by molar-refractivity contribution is -0.124. The Balaban J connectivity index is 1.85. The van der Waals surface area contributed by atoms with Crippen LogP contribution in [0.4, 0.5) is 5.82 Å². The number of anilines is 1. The van der Waals surface area contributed by atoms with Crippen LogP contribution in [-0.2, 0) is 16.6 Å². The summed E-state index contributed by atoms with van der Waals surface area (Å²) in [6.07, 6.45) is 5.53. The molecule has 0 spiro atoms. The lowest BCUT2D eigenvalue weighted by atomic mass is 9.99. The van der Waals surface area contributed by atoms with E-state index in [0.717, 1.165) is 5.82 Å². The average molecular weight is 316 g/mol. The van der Waals surface area contributed by atoms with Gasteiger partial charge in [-0.25, -0.2) is 9.97 Å². The SMILES string of the molecule is COc1cccnc1N(C)C(=O)[C@@H]1CCO[C@H]1c1nccn1C. The molecule has 0 unspecified atom stereocenters. The zero-order valence-corrected chi connectivity index (χ0v) is 13.5. The summed E-state index contributed by atoms with van der Waals surface area (Å²) in [5, 5.41) is 0. The van der Waals surface area contributed by atoms with Crippen molar-refractivity contribution in [1.29, 1.82) is 0 Å². The molecule has 122 valence electrons. The molecule has 2 aromatic heterocycles. The molecule has 1 fully saturated rings. The summed E-state index contributed by atoms with van der Waals surface area (Å²) in [7, 11) is 5.17. The molecule has 1 aliphatic rings. The number of imidazole rings is 1. The van der Waals surface area contributed by atoms with E-state index in [1.165, 1.54) is 4.90 Å². The zero-order valence-electron chi connectivity index (χ0n) is 13.5. The third-order valence-corrected chi connectivity index (χ3v) is 4.14. The number of aromatic nitrogens is 3. The second-order valence-electron chi connectivity index (χ2n) is 5.51. The highest BCUT2D eigenvalue weighted by molar-refractivity contribution is 5.95. The number of methoxy groups -OCH3 is 1. The normalized spacial score (nSPS) is 20.5. The minimum Gasteiger partial charge on any atom is -0.493 e. The molecule has 2 atom stereocenters. The van der Waals surface area contributed by atoms with Crippen molar-refractivity contribution in [2.24, 2.45) is 13.0 Å². The van der Waals surface area contributed by atoms with E-state index >= 15 is 0 Å². The van der Waals surface area contributed by atoms with E-state index < -0.39 is 0 Å². The van der Waals surface area contributed by atoms with Crippen LogP contribution in [0.25, 0.3) is 0 Å². The highest BCUT2D eigenvalue weighted by Crippen LogP contribution is 2.36. The maximum atomic E-state index is 12.9. The average Bonchev–Trinajstić information content (AvgIpc) is 3.21. The Morgan fingerprint density at radius 1 is 1.43 bits per heavy atom. The predicted molar refractivity (Wildman–Crippen MR) is 84.2 cm³/mol. The highest BCUT2D eigenvalue weighted by atomic mass is 16.5. The van der Waals surface area contributed by atoms with Gasteiger partial charge < -0.3 is 14.0 Å². The summed E-state index contributed by atoms with van der Waals surface area (Å²) in [5.41, 5.74) is 0. The lowest BCUT2D eigenvalue weighted by Crippen LogP contribution is -2.35. The molecule has 0 N–H and O–H groups in total. The minimum atomic E-state index is -0.334. The third kappa shape index (κ3) is 2.79. The molecule has 0 aromatic carbocycles. The molecule has 2 aromatic rings. The lowest BCUT2D eigenvalue weighted by Gasteiger charge is -2.24. The van der Waals surface area contributed by atoms with Crippen molar-refractivity contribution >= 4 is 11.7 Å². The van der Waals surface area contributed by atoms with E-state index in [2.05, 4.69) is 9.97 Å². The number of nitrogens with zero attached hydrogens (tertiary/aromatic N) is 4. The van der Waals surface area contributed by atoms with Crippen molar-refractivity contribution in [2.75, 3.05) is 25.7 Å². The first kappa shape index (κ1) is 15.5. The Morgan fingerprint density at radius 2 is 2.26 bits per heavy atom. The van der Waals surface area contributed by atoms with E-state index in [4.69, 9.17) is 9.47 Å². The van der Waals surface area contributed by atoms with Gasteiger partial charge in [-0.1, -0.05) is 0 Å². The molecule has 3 heterocycles. The predicted octanol–water partition coefficient (Wildman–Crippen LogP) is 1.56. The summed E-state index contributed by atoms with van der Waals surface area (Å²) in [6, 6.07) is 3.56. The van der Waals surface area contributed by atoms with Crippen molar-refractivity contribution in [3.8, 4) is 5.75 Å². The summed E-state index contributed by atoms with van der Waals surface area (Å²) < 4.78 is 13.0. The number of rotatable bonds is 4. The Labute approximate surface area is 134 Å². The molecular weight excluding hydrogens is 296 g/mol. The molecule has 7 nitrogen and oxygen atoms in total. The number of hydrogen-bond acceptors (Lipinski definition) is 5. The zero-order chi connectivity index (χ0) is 16.4. The standard InChI is InChI=1S/C16H20N4O3/c1-19-9-8-18-15(19)13-11(6-10-23-13)16(21)20(2)14-12(22-3)5-4-7-17-14/h4-5,7-9,11,13H,6,10H2,1-3H3/t11-,13-/m1/s1. The molecule has 0 radical (unpaired) electrons. The molecule has 23 heavy (non-hydrogen) atoms. The largest absolute Gasteiger partial charge is 0.493 e. The fourth-order valence-corrected chi connectivity index (χ4v) is 2.89. The van der Waals surface area contributed by atoms with Crippen LogP contribution >= 0.6 is 0 Å². The van der Waals surface area contributed by atoms with Gasteiger partial charge in [-0.2, -0.15) is 0 Å². The van der Waals surface area contributed by atoms with E-state index in [1.807, 2.05) is 17.8 Å². The van der Waals surface area contributed by atoms with Crippen LogP contribution in [0.1, 0.15) is 18.3 Å². The van der Waals surface area contributed by atoms with Crippen molar-refractivity contribution in [3.05, 3.63) is 36.5 Å². The Kier molecular flexibility index (Phi) is 4.29. The van der Waals surface area contributed by atoms with E-state index in [1.54, 1.807) is 38.7 Å². The second kappa shape index (κ2) is 6.37. The van der Waals surface area contributed by atoms with Crippen LogP contribution in [0.3, 0.4) is 0 Å². The van der Waals surface area contributed by atoms with Gasteiger partial charge in [0.25, 0.3) is 0 Å². The smallest absolute Gasteiger partial charge is 0.234 e. The van der Waals surface area contributed by atoms with E-state index in [0.29, 0.717) is 24.6 Å². The topological polar surface area (TPSA) is 69.5 Å². The highest BCUT2D eigenvalue weighted by Gasteiger charge is 2.39. The van der Waals surface area contributed by atoms with Crippen molar-refractivity contribution < 1.29 is 14.3 Å². The van der Waals surface area contributed by atoms with Gasteiger partial charge in [-0.15, -0.1) is 0 Å². The van der Waals surface area contributed by atoms with Crippen LogP contribution in [0.2, 0.25) is 0 Å².